The van der Waals surface area contributed by atoms with Crippen molar-refractivity contribution in [3.63, 3.8) is 0 Å². The number of methoxy groups -OCH3 is 1. The second kappa shape index (κ2) is 7.26. The Labute approximate surface area is 133 Å². The predicted octanol–water partition coefficient (Wildman–Crippen LogP) is 4.18. The lowest BCUT2D eigenvalue weighted by atomic mass is 10.1. The Morgan fingerprint density at radius 3 is 2.76 bits per heavy atom. The molecule has 1 N–H and O–H groups in total. The zero-order valence-electron chi connectivity index (χ0n) is 12.1. The summed E-state index contributed by atoms with van der Waals surface area (Å²) in [7, 11) is 1.58. The first-order valence-electron chi connectivity index (χ1n) is 6.70. The van der Waals surface area contributed by atoms with E-state index in [0.29, 0.717) is 11.3 Å². The quantitative estimate of drug-likeness (QED) is 0.884. The maximum atomic E-state index is 8.98. The normalized spacial score (nSPS) is 11.7. The number of nitrogens with zero attached hydrogens (tertiary/aromatic N) is 1. The molecule has 2 aromatic rings. The molecule has 1 atom stereocenters. The fourth-order valence-electron chi connectivity index (χ4n) is 2.10. The highest BCUT2D eigenvalue weighted by Crippen LogP contribution is 2.21. The number of ether oxygens (including phenoxy) is 1. The number of nitrogens with one attached hydrogen (secondary N) is 1. The van der Waals surface area contributed by atoms with E-state index in [4.69, 9.17) is 10.00 Å². The topological polar surface area (TPSA) is 45.0 Å². The number of hydrogen-bond donors (Lipinski definition) is 1. The molecule has 0 aliphatic carbocycles. The van der Waals surface area contributed by atoms with Gasteiger partial charge in [-0.2, -0.15) is 5.26 Å². The third kappa shape index (κ3) is 4.07. The van der Waals surface area contributed by atoms with Crippen LogP contribution in [0.15, 0.2) is 46.9 Å². The van der Waals surface area contributed by atoms with Gasteiger partial charge in [-0.1, -0.05) is 34.1 Å². The first-order chi connectivity index (χ1) is 10.1. The molecule has 21 heavy (non-hydrogen) atoms. The van der Waals surface area contributed by atoms with Gasteiger partial charge in [0.1, 0.15) is 11.8 Å². The van der Waals surface area contributed by atoms with E-state index in [-0.39, 0.29) is 6.04 Å². The lowest BCUT2D eigenvalue weighted by Gasteiger charge is -2.15. The Morgan fingerprint density at radius 2 is 2.10 bits per heavy atom. The summed E-state index contributed by atoms with van der Waals surface area (Å²) in [6.45, 7) is 2.85. The summed E-state index contributed by atoms with van der Waals surface area (Å²) in [5.74, 6) is 0.618. The minimum Gasteiger partial charge on any atom is -0.495 e. The molecule has 0 amide bonds. The van der Waals surface area contributed by atoms with E-state index in [1.165, 1.54) is 5.56 Å². The molecule has 0 aromatic heterocycles. The molecule has 3 nitrogen and oxygen atoms in total. The number of benzene rings is 2. The van der Waals surface area contributed by atoms with Crippen molar-refractivity contribution in [1.29, 1.82) is 5.26 Å². The molecule has 4 heteroatoms. The standard InChI is InChI=1S/C17H17BrN2O/c1-12(14-4-3-5-16(18)9-14)20-11-13-6-7-15(10-19)17(8-13)21-2/h3-9,12,20H,11H2,1-2H3. The van der Waals surface area contributed by atoms with Gasteiger partial charge in [-0.15, -0.1) is 0 Å². The third-order valence-electron chi connectivity index (χ3n) is 3.35. The van der Waals surface area contributed by atoms with Crippen LogP contribution in [0.2, 0.25) is 0 Å². The van der Waals surface area contributed by atoms with Gasteiger partial charge in [0, 0.05) is 17.1 Å². The van der Waals surface area contributed by atoms with Crippen molar-refractivity contribution in [2.24, 2.45) is 0 Å². The van der Waals surface area contributed by atoms with Gasteiger partial charge in [0.15, 0.2) is 0 Å². The first-order valence-corrected chi connectivity index (χ1v) is 7.49. The van der Waals surface area contributed by atoms with Crippen molar-refractivity contribution in [2.45, 2.75) is 19.5 Å². The highest BCUT2D eigenvalue weighted by molar-refractivity contribution is 9.10. The summed E-state index contributed by atoms with van der Waals surface area (Å²) >= 11 is 3.49. The van der Waals surface area contributed by atoms with Gasteiger partial charge in [-0.05, 0) is 42.3 Å². The lowest BCUT2D eigenvalue weighted by Crippen LogP contribution is -2.18. The Morgan fingerprint density at radius 1 is 1.29 bits per heavy atom. The third-order valence-corrected chi connectivity index (χ3v) is 3.84. The van der Waals surface area contributed by atoms with Crippen LogP contribution in [0.5, 0.6) is 5.75 Å². The molecule has 0 saturated heterocycles. The SMILES string of the molecule is COc1cc(CNC(C)c2cccc(Br)c2)ccc1C#N. The van der Waals surface area contributed by atoms with Gasteiger partial charge in [0.05, 0.1) is 12.7 Å². The van der Waals surface area contributed by atoms with Gasteiger partial charge < -0.3 is 10.1 Å². The number of hydrogen-bond acceptors (Lipinski definition) is 3. The lowest BCUT2D eigenvalue weighted by molar-refractivity contribution is 0.412. The zero-order valence-corrected chi connectivity index (χ0v) is 13.6. The fraction of sp³-hybridized carbons (Fsp3) is 0.235. The zero-order chi connectivity index (χ0) is 15.2. The molecular weight excluding hydrogens is 328 g/mol. The molecule has 0 aliphatic rings. The van der Waals surface area contributed by atoms with Crippen molar-refractivity contribution < 1.29 is 4.74 Å². The number of rotatable bonds is 5. The average molecular weight is 345 g/mol. The molecule has 108 valence electrons. The smallest absolute Gasteiger partial charge is 0.136 e. The highest BCUT2D eigenvalue weighted by Gasteiger charge is 2.07. The average Bonchev–Trinajstić information content (AvgIpc) is 2.52. The summed E-state index contributed by atoms with van der Waals surface area (Å²) in [5, 5.41) is 12.5. The van der Waals surface area contributed by atoms with E-state index >= 15 is 0 Å². The van der Waals surface area contributed by atoms with Crippen LogP contribution in [0.25, 0.3) is 0 Å². The van der Waals surface area contributed by atoms with Crippen LogP contribution in [-0.4, -0.2) is 7.11 Å². The summed E-state index contributed by atoms with van der Waals surface area (Å²) in [6, 6.07) is 16.3. The molecule has 0 spiro atoms. The summed E-state index contributed by atoms with van der Waals surface area (Å²) in [6.07, 6.45) is 0. The minimum atomic E-state index is 0.240. The van der Waals surface area contributed by atoms with Gasteiger partial charge in [-0.3, -0.25) is 0 Å². The van der Waals surface area contributed by atoms with Crippen LogP contribution in [0.3, 0.4) is 0 Å². The highest BCUT2D eigenvalue weighted by atomic mass is 79.9. The van der Waals surface area contributed by atoms with Crippen molar-refractivity contribution in [2.75, 3.05) is 7.11 Å². The van der Waals surface area contributed by atoms with E-state index in [1.54, 1.807) is 13.2 Å². The molecule has 2 rings (SSSR count). The molecule has 2 aromatic carbocycles. The fourth-order valence-corrected chi connectivity index (χ4v) is 2.52. The second-order valence-corrected chi connectivity index (χ2v) is 5.72. The minimum absolute atomic E-state index is 0.240. The maximum Gasteiger partial charge on any atom is 0.136 e. The maximum absolute atomic E-state index is 8.98. The van der Waals surface area contributed by atoms with Crippen molar-refractivity contribution in [3.05, 3.63) is 63.6 Å². The van der Waals surface area contributed by atoms with Crippen LogP contribution in [0.4, 0.5) is 0 Å². The van der Waals surface area contributed by atoms with Crippen LogP contribution in [-0.2, 0) is 6.54 Å². The molecule has 0 saturated carbocycles. The Hall–Kier alpha value is -1.83. The van der Waals surface area contributed by atoms with Gasteiger partial charge in [0.25, 0.3) is 0 Å². The van der Waals surface area contributed by atoms with Gasteiger partial charge >= 0.3 is 0 Å². The monoisotopic (exact) mass is 344 g/mol. The van der Waals surface area contributed by atoms with Gasteiger partial charge in [0.2, 0.25) is 0 Å². The van der Waals surface area contributed by atoms with Crippen LogP contribution in [0.1, 0.15) is 29.7 Å². The van der Waals surface area contributed by atoms with Crippen LogP contribution in [0, 0.1) is 11.3 Å². The number of nitriles is 1. The van der Waals surface area contributed by atoms with Crippen molar-refractivity contribution in [3.8, 4) is 11.8 Å². The molecule has 0 heterocycles. The van der Waals surface area contributed by atoms with E-state index < -0.39 is 0 Å². The van der Waals surface area contributed by atoms with Crippen molar-refractivity contribution >= 4 is 15.9 Å². The molecule has 0 radical (unpaired) electrons. The summed E-state index contributed by atoms with van der Waals surface area (Å²) in [4.78, 5) is 0. The number of halogens is 1. The van der Waals surface area contributed by atoms with E-state index in [0.717, 1.165) is 16.6 Å². The molecular formula is C17H17BrN2O. The Kier molecular flexibility index (Phi) is 5.38. The first kappa shape index (κ1) is 15.6. The summed E-state index contributed by atoms with van der Waals surface area (Å²) < 4.78 is 6.31. The van der Waals surface area contributed by atoms with E-state index in [2.05, 4.69) is 46.4 Å². The van der Waals surface area contributed by atoms with Crippen LogP contribution < -0.4 is 10.1 Å². The van der Waals surface area contributed by atoms with E-state index in [1.807, 2.05) is 24.3 Å². The molecule has 0 aliphatic heterocycles. The van der Waals surface area contributed by atoms with E-state index in [9.17, 15) is 0 Å². The van der Waals surface area contributed by atoms with Gasteiger partial charge in [-0.25, -0.2) is 0 Å². The Balaban J connectivity index is 2.04. The molecule has 1 unspecified atom stereocenters. The molecule has 0 bridgehead atoms. The van der Waals surface area contributed by atoms with Crippen molar-refractivity contribution in [1.82, 2.24) is 5.32 Å². The molecule has 0 fully saturated rings. The Bertz CT molecular complexity index is 664. The summed E-state index contributed by atoms with van der Waals surface area (Å²) in [5.41, 5.74) is 2.87. The second-order valence-electron chi connectivity index (χ2n) is 4.80. The largest absolute Gasteiger partial charge is 0.495 e. The van der Waals surface area contributed by atoms with Crippen LogP contribution >= 0.6 is 15.9 Å². The predicted molar refractivity (Wildman–Crippen MR) is 87.1 cm³/mol.